The summed E-state index contributed by atoms with van der Waals surface area (Å²) < 4.78 is 24.5. The lowest BCUT2D eigenvalue weighted by Gasteiger charge is -2.26. The predicted molar refractivity (Wildman–Crippen MR) is 147 cm³/mol. The minimum Gasteiger partial charge on any atom is -0.461 e. The lowest BCUT2D eigenvalue weighted by Crippen LogP contribution is -2.42. The second-order valence-corrected chi connectivity index (χ2v) is 12.2. The predicted octanol–water partition coefficient (Wildman–Crippen LogP) is 8.04. The van der Waals surface area contributed by atoms with Crippen LogP contribution < -0.4 is 0 Å². The van der Waals surface area contributed by atoms with Gasteiger partial charge in [0.15, 0.2) is 12.3 Å². The number of quaternary nitrogens is 1. The largest absolute Gasteiger partial charge is 0.508 e. The SMILES string of the molecule is CCCCCCCCCCCCCCC[P+](=O)O[C@@H](CC(=O)OCc1ccccc1)C[N+](C)(C)C. The van der Waals surface area contributed by atoms with Crippen molar-refractivity contribution in [3.8, 4) is 0 Å². The molecular weight excluding hydrogens is 457 g/mol. The van der Waals surface area contributed by atoms with E-state index >= 15 is 0 Å². The number of unbranched alkanes of at least 4 members (excludes halogenated alkanes) is 12. The van der Waals surface area contributed by atoms with Gasteiger partial charge in [-0.15, -0.1) is 4.52 Å². The van der Waals surface area contributed by atoms with E-state index in [2.05, 4.69) is 6.92 Å². The van der Waals surface area contributed by atoms with Crippen LogP contribution >= 0.6 is 8.03 Å². The fourth-order valence-corrected chi connectivity index (χ4v) is 5.27. The summed E-state index contributed by atoms with van der Waals surface area (Å²) in [7, 11) is 4.38. The molecule has 35 heavy (non-hydrogen) atoms. The molecule has 0 saturated carbocycles. The van der Waals surface area contributed by atoms with E-state index in [4.69, 9.17) is 9.26 Å². The number of nitrogens with zero attached hydrogens (tertiary/aromatic N) is 1. The first-order chi connectivity index (χ1) is 16.8. The highest BCUT2D eigenvalue weighted by molar-refractivity contribution is 7.39. The molecule has 200 valence electrons. The van der Waals surface area contributed by atoms with Crippen LogP contribution in [0.3, 0.4) is 0 Å². The van der Waals surface area contributed by atoms with Crippen LogP contribution in [-0.2, 0) is 25.2 Å². The van der Waals surface area contributed by atoms with Gasteiger partial charge in [-0.3, -0.25) is 4.79 Å². The summed E-state index contributed by atoms with van der Waals surface area (Å²) in [5, 5.41) is 0. The van der Waals surface area contributed by atoms with E-state index in [1.165, 1.54) is 70.6 Å². The molecule has 0 bridgehead atoms. The van der Waals surface area contributed by atoms with Crippen molar-refractivity contribution in [1.29, 1.82) is 0 Å². The first-order valence-electron chi connectivity index (χ1n) is 13.9. The minimum absolute atomic E-state index is 0.127. The Bertz CT molecular complexity index is 675. The molecule has 0 saturated heterocycles. The molecule has 0 heterocycles. The standard InChI is InChI=1S/C29H52NO4P/c1-5-6-7-8-9-10-11-12-13-14-15-16-20-23-35(32)34-28(25-30(2,3)4)24-29(31)33-26-27-21-18-17-19-22-27/h17-19,21-22,28H,5-16,20,23-26H2,1-4H3/q+2/t28-/m0/s1. The molecule has 1 aromatic rings. The van der Waals surface area contributed by atoms with Gasteiger partial charge < -0.3 is 9.22 Å². The number of rotatable bonds is 22. The van der Waals surface area contributed by atoms with Crippen LogP contribution in [0.5, 0.6) is 0 Å². The van der Waals surface area contributed by atoms with Gasteiger partial charge in [-0.2, -0.15) is 0 Å². The van der Waals surface area contributed by atoms with Gasteiger partial charge in [0.25, 0.3) is 0 Å². The van der Waals surface area contributed by atoms with Crippen LogP contribution in [0.4, 0.5) is 0 Å². The Morgan fingerprint density at radius 3 is 1.86 bits per heavy atom. The van der Waals surface area contributed by atoms with Gasteiger partial charge in [-0.05, 0) is 23.0 Å². The molecule has 2 atom stereocenters. The average molecular weight is 510 g/mol. The van der Waals surface area contributed by atoms with Crippen LogP contribution in [-0.4, -0.2) is 50.4 Å². The van der Waals surface area contributed by atoms with E-state index in [1.807, 2.05) is 51.5 Å². The van der Waals surface area contributed by atoms with Gasteiger partial charge in [0.05, 0.1) is 27.6 Å². The van der Waals surface area contributed by atoms with Crippen molar-refractivity contribution < 1.29 is 23.1 Å². The van der Waals surface area contributed by atoms with Gasteiger partial charge in [0.1, 0.15) is 13.2 Å². The molecule has 0 aliphatic heterocycles. The molecule has 0 aliphatic rings. The Kier molecular flexibility index (Phi) is 18.0. The van der Waals surface area contributed by atoms with Gasteiger partial charge in [-0.1, -0.05) is 108 Å². The van der Waals surface area contributed by atoms with Crippen LogP contribution in [0.1, 0.15) is 102 Å². The van der Waals surface area contributed by atoms with E-state index in [-0.39, 0.29) is 19.0 Å². The van der Waals surface area contributed by atoms with Crippen molar-refractivity contribution in [1.82, 2.24) is 0 Å². The first kappa shape index (κ1) is 31.7. The molecule has 0 aromatic heterocycles. The number of carbonyl (C=O) groups is 1. The van der Waals surface area contributed by atoms with E-state index in [0.29, 0.717) is 17.2 Å². The Balaban J connectivity index is 2.17. The molecule has 6 heteroatoms. The Hall–Kier alpha value is -1.29. The Morgan fingerprint density at radius 1 is 0.829 bits per heavy atom. The van der Waals surface area contributed by atoms with Crippen molar-refractivity contribution >= 4 is 14.0 Å². The maximum atomic E-state index is 12.6. The third-order valence-electron chi connectivity index (χ3n) is 6.10. The normalized spacial score (nSPS) is 13.0. The first-order valence-corrected chi connectivity index (χ1v) is 15.3. The highest BCUT2D eigenvalue weighted by atomic mass is 31.1. The van der Waals surface area contributed by atoms with Crippen molar-refractivity contribution in [3.05, 3.63) is 35.9 Å². The summed E-state index contributed by atoms with van der Waals surface area (Å²) in [6, 6.07) is 9.64. The van der Waals surface area contributed by atoms with Crippen molar-refractivity contribution in [2.45, 2.75) is 110 Å². The van der Waals surface area contributed by atoms with E-state index in [9.17, 15) is 9.36 Å². The molecule has 0 radical (unpaired) electrons. The molecular formula is C29H52NO4P+2. The van der Waals surface area contributed by atoms with E-state index < -0.39 is 14.1 Å². The summed E-state index contributed by atoms with van der Waals surface area (Å²) in [5.74, 6) is -0.309. The third-order valence-corrected chi connectivity index (χ3v) is 7.31. The molecule has 1 unspecified atom stereocenters. The topological polar surface area (TPSA) is 52.6 Å². The number of ether oxygens (including phenoxy) is 1. The average Bonchev–Trinajstić information content (AvgIpc) is 2.80. The van der Waals surface area contributed by atoms with Gasteiger partial charge in [0, 0.05) is 0 Å². The Morgan fingerprint density at radius 2 is 1.34 bits per heavy atom. The van der Waals surface area contributed by atoms with Crippen LogP contribution in [0.2, 0.25) is 0 Å². The Labute approximate surface area is 216 Å². The van der Waals surface area contributed by atoms with Crippen molar-refractivity contribution in [2.24, 2.45) is 0 Å². The van der Waals surface area contributed by atoms with Gasteiger partial charge in [0.2, 0.25) is 0 Å². The zero-order valence-corrected chi connectivity index (χ0v) is 23.9. The summed E-state index contributed by atoms with van der Waals surface area (Å²) in [6.07, 6.45) is 17.1. The monoisotopic (exact) mass is 509 g/mol. The molecule has 0 spiro atoms. The van der Waals surface area contributed by atoms with Crippen molar-refractivity contribution in [3.63, 3.8) is 0 Å². The van der Waals surface area contributed by atoms with E-state index in [1.54, 1.807) is 0 Å². The molecule has 0 aliphatic carbocycles. The fraction of sp³-hybridized carbons (Fsp3) is 0.759. The molecule has 1 rings (SSSR count). The maximum Gasteiger partial charge on any atom is 0.508 e. The second kappa shape index (κ2) is 19.8. The number of carbonyl (C=O) groups excluding carboxylic acids is 1. The number of hydrogen-bond acceptors (Lipinski definition) is 4. The summed E-state index contributed by atoms with van der Waals surface area (Å²) in [4.78, 5) is 12.4. The minimum atomic E-state index is -1.76. The zero-order valence-electron chi connectivity index (χ0n) is 23.0. The van der Waals surface area contributed by atoms with Gasteiger partial charge in [-0.25, -0.2) is 0 Å². The number of likely N-dealkylation sites (N-methyl/N-ethyl adjacent to an activating group) is 1. The fourth-order valence-electron chi connectivity index (χ4n) is 4.21. The molecule has 0 fully saturated rings. The number of benzene rings is 1. The molecule has 5 nitrogen and oxygen atoms in total. The summed E-state index contributed by atoms with van der Waals surface area (Å²) >= 11 is 0. The number of esters is 1. The van der Waals surface area contributed by atoms with Crippen molar-refractivity contribution in [2.75, 3.05) is 33.8 Å². The summed E-state index contributed by atoms with van der Waals surface area (Å²) in [5.41, 5.74) is 0.957. The second-order valence-electron chi connectivity index (χ2n) is 10.8. The molecule has 0 N–H and O–H groups in total. The van der Waals surface area contributed by atoms with Crippen LogP contribution in [0.25, 0.3) is 0 Å². The van der Waals surface area contributed by atoms with Crippen LogP contribution in [0.15, 0.2) is 30.3 Å². The summed E-state index contributed by atoms with van der Waals surface area (Å²) in [6.45, 7) is 3.13. The third kappa shape index (κ3) is 19.6. The molecule has 0 amide bonds. The highest BCUT2D eigenvalue weighted by Gasteiger charge is 2.31. The van der Waals surface area contributed by atoms with Gasteiger partial charge >= 0.3 is 14.0 Å². The maximum absolute atomic E-state index is 12.6. The molecule has 1 aromatic carbocycles. The highest BCUT2D eigenvalue weighted by Crippen LogP contribution is 2.29. The number of hydrogen-bond donors (Lipinski definition) is 0. The van der Waals surface area contributed by atoms with E-state index in [0.717, 1.165) is 18.4 Å². The smallest absolute Gasteiger partial charge is 0.461 e. The lowest BCUT2D eigenvalue weighted by molar-refractivity contribution is -0.873. The quantitative estimate of drug-likeness (QED) is 0.0687. The lowest BCUT2D eigenvalue weighted by atomic mass is 10.1. The van der Waals surface area contributed by atoms with Crippen LogP contribution in [0, 0.1) is 0 Å². The zero-order chi connectivity index (χ0) is 25.8.